The molecule has 168 valence electrons. The number of nitrogens with zero attached hydrogens (tertiary/aromatic N) is 2. The van der Waals surface area contributed by atoms with Gasteiger partial charge in [-0.15, -0.1) is 0 Å². The Hall–Kier alpha value is -3.85. The number of benzene rings is 3. The van der Waals surface area contributed by atoms with E-state index in [0.717, 1.165) is 12.0 Å². The lowest BCUT2D eigenvalue weighted by Gasteiger charge is -2.31. The third-order valence-electron chi connectivity index (χ3n) is 5.65. The second-order valence-corrected chi connectivity index (χ2v) is 9.67. The van der Waals surface area contributed by atoms with Gasteiger partial charge in [0.25, 0.3) is 10.0 Å². The van der Waals surface area contributed by atoms with E-state index in [1.54, 1.807) is 66.7 Å². The van der Waals surface area contributed by atoms with Crippen molar-refractivity contribution in [1.29, 1.82) is 0 Å². The smallest absolute Gasteiger partial charge is 0.408 e. The van der Waals surface area contributed by atoms with Crippen LogP contribution < -0.4 is 15.4 Å². The number of para-hydroxylation sites is 2. The molecule has 0 unspecified atom stereocenters. The Morgan fingerprint density at radius 3 is 2.58 bits per heavy atom. The van der Waals surface area contributed by atoms with E-state index in [-0.39, 0.29) is 11.4 Å². The summed E-state index contributed by atoms with van der Waals surface area (Å²) in [5.74, 6) is -1.03. The van der Waals surface area contributed by atoms with Gasteiger partial charge < -0.3 is 9.73 Å². The number of nitrogens with one attached hydrogen (secondary N) is 1. The maximum absolute atomic E-state index is 13.2. The number of fused-ring (bicyclic) bond motifs is 2. The number of rotatable bonds is 5. The van der Waals surface area contributed by atoms with Crippen LogP contribution in [0.25, 0.3) is 11.1 Å². The van der Waals surface area contributed by atoms with Gasteiger partial charge in [-0.2, -0.15) is 0 Å². The van der Waals surface area contributed by atoms with Crippen LogP contribution in [0.1, 0.15) is 12.0 Å². The standard InChI is InChI=1S/C24H21N3O5S/c28-23(16-26-20-10-4-5-11-22(20)32-24(26)29)25-18-13-12-17-7-6-14-27(21(17)15-18)33(30,31)19-8-2-1-3-9-19/h1-5,8-13,15H,6-7,14,16H2,(H,25,28). The largest absolute Gasteiger partial charge is 0.420 e. The molecule has 0 atom stereocenters. The molecule has 2 heterocycles. The number of aryl methyl sites for hydroxylation is 1. The van der Waals surface area contributed by atoms with E-state index in [1.165, 1.54) is 8.87 Å². The Labute approximate surface area is 190 Å². The number of sulfonamides is 1. The molecule has 3 aromatic carbocycles. The molecule has 0 bridgehead atoms. The minimum atomic E-state index is -3.73. The van der Waals surface area contributed by atoms with Gasteiger partial charge in [0.05, 0.1) is 16.1 Å². The summed E-state index contributed by atoms with van der Waals surface area (Å²) in [5.41, 5.74) is 2.84. The van der Waals surface area contributed by atoms with Crippen molar-refractivity contribution in [2.75, 3.05) is 16.2 Å². The highest BCUT2D eigenvalue weighted by Gasteiger charge is 2.29. The Morgan fingerprint density at radius 2 is 1.76 bits per heavy atom. The van der Waals surface area contributed by atoms with Crippen molar-refractivity contribution in [1.82, 2.24) is 4.57 Å². The van der Waals surface area contributed by atoms with Crippen molar-refractivity contribution >= 4 is 38.4 Å². The fourth-order valence-electron chi connectivity index (χ4n) is 4.10. The van der Waals surface area contributed by atoms with Crippen molar-refractivity contribution in [3.63, 3.8) is 0 Å². The van der Waals surface area contributed by atoms with Gasteiger partial charge in [-0.05, 0) is 54.8 Å². The van der Waals surface area contributed by atoms with Crippen LogP contribution in [0.2, 0.25) is 0 Å². The molecule has 1 amide bonds. The summed E-state index contributed by atoms with van der Waals surface area (Å²) in [4.78, 5) is 25.1. The molecule has 0 aliphatic carbocycles. The summed E-state index contributed by atoms with van der Waals surface area (Å²) in [5, 5.41) is 2.77. The Bertz CT molecular complexity index is 1510. The fourth-order valence-corrected chi connectivity index (χ4v) is 5.65. The summed E-state index contributed by atoms with van der Waals surface area (Å²) in [7, 11) is -3.73. The zero-order valence-corrected chi connectivity index (χ0v) is 18.4. The lowest BCUT2D eigenvalue weighted by atomic mass is 10.0. The van der Waals surface area contributed by atoms with Crippen molar-refractivity contribution in [2.24, 2.45) is 0 Å². The molecule has 33 heavy (non-hydrogen) atoms. The van der Waals surface area contributed by atoms with Crippen LogP contribution in [0.4, 0.5) is 11.4 Å². The first kappa shape index (κ1) is 21.0. The zero-order valence-electron chi connectivity index (χ0n) is 17.6. The van der Waals surface area contributed by atoms with E-state index in [9.17, 15) is 18.0 Å². The molecule has 1 aliphatic heterocycles. The molecule has 8 nitrogen and oxygen atoms in total. The molecule has 0 radical (unpaired) electrons. The SMILES string of the molecule is O=C(Cn1c(=O)oc2ccccc21)Nc1ccc2c(c1)N(S(=O)(=O)c1ccccc1)CCC2. The van der Waals surface area contributed by atoms with E-state index in [2.05, 4.69) is 5.32 Å². The maximum atomic E-state index is 13.2. The van der Waals surface area contributed by atoms with E-state index in [0.29, 0.717) is 35.4 Å². The molecule has 4 aromatic rings. The quantitative estimate of drug-likeness (QED) is 0.489. The second-order valence-electron chi connectivity index (χ2n) is 7.81. The van der Waals surface area contributed by atoms with Gasteiger partial charge >= 0.3 is 5.76 Å². The Kier molecular flexibility index (Phi) is 5.26. The number of hydrogen-bond donors (Lipinski definition) is 1. The summed E-state index contributed by atoms with van der Waals surface area (Å²) in [6.45, 7) is 0.136. The molecule has 1 aromatic heterocycles. The molecule has 0 saturated heterocycles. The molecular weight excluding hydrogens is 442 g/mol. The molecule has 0 spiro atoms. The van der Waals surface area contributed by atoms with E-state index in [1.807, 2.05) is 6.07 Å². The van der Waals surface area contributed by atoms with Crippen LogP contribution in [0.5, 0.6) is 0 Å². The highest BCUT2D eigenvalue weighted by atomic mass is 32.2. The summed E-state index contributed by atoms with van der Waals surface area (Å²) in [6, 6.07) is 20.4. The molecule has 1 N–H and O–H groups in total. The van der Waals surface area contributed by atoms with Gasteiger partial charge in [-0.1, -0.05) is 36.4 Å². The number of oxazole rings is 1. The first-order valence-electron chi connectivity index (χ1n) is 10.5. The fraction of sp³-hybridized carbons (Fsp3) is 0.167. The zero-order chi connectivity index (χ0) is 23.0. The number of aromatic nitrogens is 1. The monoisotopic (exact) mass is 463 g/mol. The lowest BCUT2D eigenvalue weighted by Crippen LogP contribution is -2.35. The van der Waals surface area contributed by atoms with Gasteiger partial charge in [-0.3, -0.25) is 13.7 Å². The molecule has 0 saturated carbocycles. The van der Waals surface area contributed by atoms with Crippen LogP contribution in [0.3, 0.4) is 0 Å². The van der Waals surface area contributed by atoms with E-state index in [4.69, 9.17) is 4.42 Å². The van der Waals surface area contributed by atoms with Crippen LogP contribution in [-0.4, -0.2) is 25.4 Å². The van der Waals surface area contributed by atoms with E-state index >= 15 is 0 Å². The average molecular weight is 464 g/mol. The number of amides is 1. The molecule has 0 fully saturated rings. The normalized spacial score (nSPS) is 13.6. The van der Waals surface area contributed by atoms with Gasteiger partial charge in [0.2, 0.25) is 5.91 Å². The molecule has 5 rings (SSSR count). The summed E-state index contributed by atoms with van der Waals surface area (Å²) < 4.78 is 34.3. The van der Waals surface area contributed by atoms with Gasteiger partial charge in [0, 0.05) is 12.2 Å². The van der Waals surface area contributed by atoms with Crippen LogP contribution >= 0.6 is 0 Å². The number of carbonyl (C=O) groups is 1. The highest BCUT2D eigenvalue weighted by molar-refractivity contribution is 7.92. The third-order valence-corrected chi connectivity index (χ3v) is 7.48. The van der Waals surface area contributed by atoms with Gasteiger partial charge in [-0.25, -0.2) is 13.2 Å². The number of carbonyl (C=O) groups excluding carboxylic acids is 1. The minimum absolute atomic E-state index is 0.221. The van der Waals surface area contributed by atoms with Crippen LogP contribution in [0.15, 0.2) is 86.9 Å². The molecular formula is C24H21N3O5S. The average Bonchev–Trinajstić information content (AvgIpc) is 3.14. The van der Waals surface area contributed by atoms with Crippen LogP contribution in [-0.2, 0) is 27.8 Å². The number of anilines is 2. The first-order chi connectivity index (χ1) is 15.9. The lowest BCUT2D eigenvalue weighted by molar-refractivity contribution is -0.116. The summed E-state index contributed by atoms with van der Waals surface area (Å²) >= 11 is 0. The molecule has 9 heteroatoms. The van der Waals surface area contributed by atoms with Crippen molar-refractivity contribution in [3.8, 4) is 0 Å². The Balaban J connectivity index is 1.42. The first-order valence-corrected chi connectivity index (χ1v) is 12.0. The predicted octanol–water partition coefficient (Wildman–Crippen LogP) is 3.37. The van der Waals surface area contributed by atoms with Crippen molar-refractivity contribution in [2.45, 2.75) is 24.3 Å². The van der Waals surface area contributed by atoms with E-state index < -0.39 is 21.7 Å². The van der Waals surface area contributed by atoms with Crippen molar-refractivity contribution in [3.05, 3.63) is 88.9 Å². The second kappa shape index (κ2) is 8.25. The van der Waals surface area contributed by atoms with Crippen LogP contribution in [0, 0.1) is 0 Å². The minimum Gasteiger partial charge on any atom is -0.408 e. The highest BCUT2D eigenvalue weighted by Crippen LogP contribution is 2.34. The van der Waals surface area contributed by atoms with Crippen molar-refractivity contribution < 1.29 is 17.6 Å². The van der Waals surface area contributed by atoms with Gasteiger partial charge in [0.15, 0.2) is 5.58 Å². The maximum Gasteiger partial charge on any atom is 0.420 e. The number of hydrogen-bond acceptors (Lipinski definition) is 5. The summed E-state index contributed by atoms with van der Waals surface area (Å²) in [6.07, 6.45) is 1.46. The third kappa shape index (κ3) is 3.91. The van der Waals surface area contributed by atoms with Gasteiger partial charge in [0.1, 0.15) is 6.54 Å². The topological polar surface area (TPSA) is 102 Å². The molecule has 1 aliphatic rings. The Morgan fingerprint density at radius 1 is 1.00 bits per heavy atom. The predicted molar refractivity (Wildman–Crippen MR) is 125 cm³/mol.